The van der Waals surface area contributed by atoms with Crippen LogP contribution in [0.5, 0.6) is 0 Å². The molecule has 0 spiro atoms. The van der Waals surface area contributed by atoms with Crippen LogP contribution in [-0.2, 0) is 0 Å². The first-order chi connectivity index (χ1) is 7.52. The molecule has 0 N–H and O–H groups in total. The predicted molar refractivity (Wildman–Crippen MR) is 66.7 cm³/mol. The van der Waals surface area contributed by atoms with Gasteiger partial charge in [-0.05, 0) is 32.3 Å². The van der Waals surface area contributed by atoms with Crippen LogP contribution >= 0.6 is 0 Å². The fraction of sp³-hybridized carbons (Fsp3) is 0.538. The van der Waals surface area contributed by atoms with Gasteiger partial charge in [-0.1, -0.05) is 13.8 Å². The fourth-order valence-electron chi connectivity index (χ4n) is 2.10. The highest BCUT2D eigenvalue weighted by molar-refractivity contribution is 5.83. The van der Waals surface area contributed by atoms with E-state index in [1.165, 1.54) is 10.9 Å². The molecule has 0 aliphatic heterocycles. The van der Waals surface area contributed by atoms with Gasteiger partial charge in [0.2, 0.25) is 0 Å². The van der Waals surface area contributed by atoms with E-state index in [1.54, 1.807) is 6.33 Å². The van der Waals surface area contributed by atoms with Crippen molar-refractivity contribution in [1.82, 2.24) is 14.5 Å². The Kier molecular flexibility index (Phi) is 2.70. The van der Waals surface area contributed by atoms with Gasteiger partial charge < -0.3 is 4.57 Å². The van der Waals surface area contributed by atoms with E-state index in [0.717, 1.165) is 11.3 Å². The molecule has 0 aliphatic carbocycles. The van der Waals surface area contributed by atoms with Gasteiger partial charge in [0.15, 0.2) is 0 Å². The van der Waals surface area contributed by atoms with Crippen molar-refractivity contribution >= 4 is 11.0 Å². The highest BCUT2D eigenvalue weighted by Gasteiger charge is 2.15. The molecule has 2 heterocycles. The van der Waals surface area contributed by atoms with Crippen molar-refractivity contribution in [3.05, 3.63) is 23.8 Å². The van der Waals surface area contributed by atoms with Crippen molar-refractivity contribution in [2.45, 2.75) is 46.6 Å². The van der Waals surface area contributed by atoms with Gasteiger partial charge in [-0.3, -0.25) is 0 Å². The summed E-state index contributed by atoms with van der Waals surface area (Å²) >= 11 is 0. The first-order valence-corrected chi connectivity index (χ1v) is 5.84. The molecule has 0 saturated heterocycles. The molecule has 0 saturated carbocycles. The number of fused-ring (bicyclic) bond motifs is 1. The van der Waals surface area contributed by atoms with Crippen molar-refractivity contribution in [1.29, 1.82) is 0 Å². The first kappa shape index (κ1) is 11.1. The van der Waals surface area contributed by atoms with E-state index >= 15 is 0 Å². The topological polar surface area (TPSA) is 30.7 Å². The van der Waals surface area contributed by atoms with Gasteiger partial charge in [-0.25, -0.2) is 9.97 Å². The number of aromatic nitrogens is 3. The largest absolute Gasteiger partial charge is 0.330 e. The van der Waals surface area contributed by atoms with Gasteiger partial charge in [-0.2, -0.15) is 0 Å². The molecule has 0 aromatic carbocycles. The number of hydrogen-bond acceptors (Lipinski definition) is 2. The second-order valence-corrected chi connectivity index (χ2v) is 4.90. The highest BCUT2D eigenvalue weighted by Crippen LogP contribution is 2.29. The third-order valence-electron chi connectivity index (χ3n) is 3.01. The van der Waals surface area contributed by atoms with E-state index in [-0.39, 0.29) is 0 Å². The molecule has 3 nitrogen and oxygen atoms in total. The monoisotopic (exact) mass is 217 g/mol. The molecular formula is C13H19N3. The van der Waals surface area contributed by atoms with E-state index < -0.39 is 0 Å². The van der Waals surface area contributed by atoms with E-state index in [9.17, 15) is 0 Å². The highest BCUT2D eigenvalue weighted by atomic mass is 15.1. The molecule has 0 bridgehead atoms. The summed E-state index contributed by atoms with van der Waals surface area (Å²) in [5, 5.41) is 1.23. The van der Waals surface area contributed by atoms with E-state index in [1.807, 2.05) is 0 Å². The zero-order valence-electron chi connectivity index (χ0n) is 10.7. The van der Waals surface area contributed by atoms with Crippen LogP contribution in [0, 0.1) is 6.92 Å². The van der Waals surface area contributed by atoms with Crippen LogP contribution in [0.2, 0.25) is 0 Å². The minimum Gasteiger partial charge on any atom is -0.330 e. The average Bonchev–Trinajstić information content (AvgIpc) is 2.58. The summed E-state index contributed by atoms with van der Waals surface area (Å²) in [5.74, 6) is 0.507. The molecule has 2 aromatic heterocycles. The number of hydrogen-bond donors (Lipinski definition) is 0. The third kappa shape index (κ3) is 1.60. The maximum atomic E-state index is 4.42. The van der Waals surface area contributed by atoms with Crippen molar-refractivity contribution in [2.75, 3.05) is 0 Å². The molecule has 3 heteroatoms. The minimum atomic E-state index is 0.435. The van der Waals surface area contributed by atoms with Crippen LogP contribution in [-0.4, -0.2) is 14.5 Å². The Morgan fingerprint density at radius 2 is 1.81 bits per heavy atom. The summed E-state index contributed by atoms with van der Waals surface area (Å²) in [4.78, 5) is 8.72. The van der Waals surface area contributed by atoms with E-state index in [0.29, 0.717) is 12.0 Å². The second kappa shape index (κ2) is 3.89. The molecule has 0 unspecified atom stereocenters. The molecule has 0 atom stereocenters. The maximum Gasteiger partial charge on any atom is 0.144 e. The zero-order valence-corrected chi connectivity index (χ0v) is 10.7. The predicted octanol–water partition coefficient (Wildman–Crippen LogP) is 3.44. The Morgan fingerprint density at radius 1 is 1.12 bits per heavy atom. The Morgan fingerprint density at radius 3 is 2.38 bits per heavy atom. The van der Waals surface area contributed by atoms with E-state index in [4.69, 9.17) is 0 Å². The van der Waals surface area contributed by atoms with Crippen LogP contribution in [0.4, 0.5) is 0 Å². The Balaban J connectivity index is 2.82. The molecule has 2 aromatic rings. The molecule has 0 amide bonds. The molecule has 16 heavy (non-hydrogen) atoms. The van der Waals surface area contributed by atoms with Crippen LogP contribution in [0.25, 0.3) is 11.0 Å². The molecule has 0 fully saturated rings. The lowest BCUT2D eigenvalue weighted by molar-refractivity contribution is 0.614. The van der Waals surface area contributed by atoms with Crippen molar-refractivity contribution < 1.29 is 0 Å². The normalized spacial score (nSPS) is 11.9. The van der Waals surface area contributed by atoms with E-state index in [2.05, 4.69) is 55.4 Å². The maximum absolute atomic E-state index is 4.42. The molecular weight excluding hydrogens is 198 g/mol. The zero-order chi connectivity index (χ0) is 11.9. The molecule has 2 rings (SSSR count). The lowest BCUT2D eigenvalue weighted by Crippen LogP contribution is -2.00. The SMILES string of the molecule is Cc1ncnc2c1c(C(C)C)cn2C(C)C. The minimum absolute atomic E-state index is 0.435. The third-order valence-corrected chi connectivity index (χ3v) is 3.01. The van der Waals surface area contributed by atoms with Gasteiger partial charge in [0, 0.05) is 17.6 Å². The first-order valence-electron chi connectivity index (χ1n) is 5.84. The van der Waals surface area contributed by atoms with Gasteiger partial charge in [0.05, 0.1) is 5.69 Å². The lowest BCUT2D eigenvalue weighted by Gasteiger charge is -2.07. The quantitative estimate of drug-likeness (QED) is 0.771. The van der Waals surface area contributed by atoms with Gasteiger partial charge >= 0.3 is 0 Å². The number of nitrogens with zero attached hydrogens (tertiary/aromatic N) is 3. The molecule has 0 aliphatic rings. The molecule has 86 valence electrons. The van der Waals surface area contributed by atoms with Crippen LogP contribution in [0.3, 0.4) is 0 Å². The van der Waals surface area contributed by atoms with Crippen LogP contribution < -0.4 is 0 Å². The molecule has 0 radical (unpaired) electrons. The van der Waals surface area contributed by atoms with Crippen molar-refractivity contribution in [3.8, 4) is 0 Å². The summed E-state index contributed by atoms with van der Waals surface area (Å²) < 4.78 is 2.24. The fourth-order valence-corrected chi connectivity index (χ4v) is 2.10. The summed E-state index contributed by atoms with van der Waals surface area (Å²) in [7, 11) is 0. The van der Waals surface area contributed by atoms with Crippen LogP contribution in [0.1, 0.15) is 50.9 Å². The van der Waals surface area contributed by atoms with Gasteiger partial charge in [0.1, 0.15) is 12.0 Å². The van der Waals surface area contributed by atoms with Gasteiger partial charge in [0.25, 0.3) is 0 Å². The smallest absolute Gasteiger partial charge is 0.144 e. The standard InChI is InChI=1S/C13H19N3/c1-8(2)11-6-16(9(3)4)13-12(11)10(5)14-7-15-13/h6-9H,1-5H3. The van der Waals surface area contributed by atoms with Crippen molar-refractivity contribution in [2.24, 2.45) is 0 Å². The second-order valence-electron chi connectivity index (χ2n) is 4.90. The summed E-state index contributed by atoms with van der Waals surface area (Å²) in [6.45, 7) is 10.8. The Labute approximate surface area is 96.5 Å². The summed E-state index contributed by atoms with van der Waals surface area (Å²) in [6, 6.07) is 0.435. The number of aryl methyl sites for hydroxylation is 1. The summed E-state index contributed by atoms with van der Waals surface area (Å²) in [6.07, 6.45) is 3.88. The number of rotatable bonds is 2. The Hall–Kier alpha value is -1.38. The van der Waals surface area contributed by atoms with Gasteiger partial charge in [-0.15, -0.1) is 0 Å². The lowest BCUT2D eigenvalue weighted by atomic mass is 10.0. The average molecular weight is 217 g/mol. The Bertz CT molecular complexity index is 509. The van der Waals surface area contributed by atoms with Crippen molar-refractivity contribution in [3.63, 3.8) is 0 Å². The van der Waals surface area contributed by atoms with Crippen LogP contribution in [0.15, 0.2) is 12.5 Å². The summed E-state index contributed by atoms with van der Waals surface area (Å²) in [5.41, 5.74) is 3.49.